The highest BCUT2D eigenvalue weighted by Crippen LogP contribution is 2.19. The van der Waals surface area contributed by atoms with Gasteiger partial charge >= 0.3 is 0 Å². The molecule has 3 heterocycles. The molecule has 104 valence electrons. The van der Waals surface area contributed by atoms with Crippen LogP contribution in [0.15, 0.2) is 28.3 Å². The van der Waals surface area contributed by atoms with Gasteiger partial charge in [0.1, 0.15) is 17.7 Å². The first-order chi connectivity index (χ1) is 9.63. The average molecular weight is 307 g/mol. The minimum atomic E-state index is -1.24. The molecule has 1 N–H and O–H groups in total. The zero-order valence-corrected chi connectivity index (χ0v) is 12.7. The Morgan fingerprint density at radius 1 is 1.35 bits per heavy atom. The Labute approximate surface area is 122 Å². The summed E-state index contributed by atoms with van der Waals surface area (Å²) in [5, 5.41) is 4.38. The van der Waals surface area contributed by atoms with E-state index in [9.17, 15) is 4.21 Å². The number of rotatable bonds is 4. The highest BCUT2D eigenvalue weighted by atomic mass is 32.2. The van der Waals surface area contributed by atoms with Gasteiger partial charge in [0.2, 0.25) is 0 Å². The molecule has 0 radical (unpaired) electrons. The normalized spacial score (nSPS) is 12.7. The van der Waals surface area contributed by atoms with Crippen LogP contribution in [-0.4, -0.2) is 38.2 Å². The van der Waals surface area contributed by atoms with E-state index in [4.69, 9.17) is 0 Å². The molecule has 20 heavy (non-hydrogen) atoms. The average Bonchev–Trinajstić information content (AvgIpc) is 2.99. The molecule has 3 rings (SSSR count). The predicted molar refractivity (Wildman–Crippen MR) is 80.4 cm³/mol. The van der Waals surface area contributed by atoms with Crippen LogP contribution in [0.25, 0.3) is 11.0 Å². The molecule has 0 amide bonds. The lowest BCUT2D eigenvalue weighted by molar-refractivity contribution is 0.676. The zero-order chi connectivity index (χ0) is 14.1. The van der Waals surface area contributed by atoms with Gasteiger partial charge in [-0.15, -0.1) is 11.3 Å². The number of anilines is 1. The fraction of sp³-hybridized carbons (Fsp3) is 0.250. The maximum absolute atomic E-state index is 12.3. The van der Waals surface area contributed by atoms with Gasteiger partial charge in [0.15, 0.2) is 5.16 Å². The molecule has 0 aromatic carbocycles. The smallest absolute Gasteiger partial charge is 0.197 e. The van der Waals surface area contributed by atoms with E-state index in [0.717, 1.165) is 22.5 Å². The Morgan fingerprint density at radius 2 is 2.20 bits per heavy atom. The number of nitrogens with zero attached hydrogens (tertiary/aromatic N) is 4. The van der Waals surface area contributed by atoms with Crippen LogP contribution in [0, 0.1) is 0 Å². The van der Waals surface area contributed by atoms with Crippen molar-refractivity contribution in [1.82, 2.24) is 19.9 Å². The summed E-state index contributed by atoms with van der Waals surface area (Å²) in [5.41, 5.74) is 2.52. The van der Waals surface area contributed by atoms with Gasteiger partial charge in [0, 0.05) is 30.9 Å². The number of nitrogens with one attached hydrogen (secondary N) is 1. The molecule has 0 aliphatic rings. The second kappa shape index (κ2) is 5.29. The molecule has 6 nitrogen and oxygen atoms in total. The summed E-state index contributed by atoms with van der Waals surface area (Å²) in [6.45, 7) is 0. The number of hydrogen-bond donors (Lipinski definition) is 1. The molecule has 3 aromatic heterocycles. The summed E-state index contributed by atoms with van der Waals surface area (Å²) in [6, 6.07) is 1.84. The molecular weight excluding hydrogens is 294 g/mol. The van der Waals surface area contributed by atoms with Crippen molar-refractivity contribution in [1.29, 1.82) is 0 Å². The van der Waals surface area contributed by atoms with Crippen LogP contribution in [0.3, 0.4) is 0 Å². The first-order valence-corrected chi connectivity index (χ1v) is 8.18. The van der Waals surface area contributed by atoms with Crippen LogP contribution in [0.5, 0.6) is 0 Å². The van der Waals surface area contributed by atoms with Crippen molar-refractivity contribution in [3.63, 3.8) is 0 Å². The van der Waals surface area contributed by atoms with E-state index in [1.54, 1.807) is 11.3 Å². The first kappa shape index (κ1) is 13.2. The SMILES string of the molecule is CN(C)c1cc(CS(=O)c2nc3cscc3[nH]2)ncn1. The molecule has 0 spiro atoms. The Morgan fingerprint density at radius 3 is 2.95 bits per heavy atom. The molecule has 1 unspecified atom stereocenters. The number of imidazole rings is 1. The van der Waals surface area contributed by atoms with E-state index in [-0.39, 0.29) is 0 Å². The van der Waals surface area contributed by atoms with E-state index in [0.29, 0.717) is 10.9 Å². The zero-order valence-electron chi connectivity index (χ0n) is 11.0. The van der Waals surface area contributed by atoms with Crippen LogP contribution in [0.4, 0.5) is 5.82 Å². The summed E-state index contributed by atoms with van der Waals surface area (Å²) in [5.74, 6) is 1.12. The van der Waals surface area contributed by atoms with Crippen molar-refractivity contribution in [2.24, 2.45) is 0 Å². The molecule has 0 saturated heterocycles. The number of fused-ring (bicyclic) bond motifs is 1. The number of H-pyrrole nitrogens is 1. The van der Waals surface area contributed by atoms with Crippen molar-refractivity contribution in [2.75, 3.05) is 19.0 Å². The summed E-state index contributed by atoms with van der Waals surface area (Å²) in [6.07, 6.45) is 1.49. The van der Waals surface area contributed by atoms with Crippen LogP contribution >= 0.6 is 11.3 Å². The molecule has 3 aromatic rings. The van der Waals surface area contributed by atoms with Gasteiger partial charge in [-0.25, -0.2) is 15.0 Å². The quantitative estimate of drug-likeness (QED) is 0.795. The van der Waals surface area contributed by atoms with Gasteiger partial charge in [-0.3, -0.25) is 4.21 Å². The third-order valence-electron chi connectivity index (χ3n) is 2.77. The third-order valence-corrected chi connectivity index (χ3v) is 4.68. The van der Waals surface area contributed by atoms with E-state index in [1.807, 2.05) is 35.8 Å². The number of aromatic nitrogens is 4. The maximum Gasteiger partial charge on any atom is 0.197 e. The molecule has 0 bridgehead atoms. The second-order valence-electron chi connectivity index (χ2n) is 4.46. The van der Waals surface area contributed by atoms with Gasteiger partial charge in [0.05, 0.1) is 27.8 Å². The van der Waals surface area contributed by atoms with E-state index in [1.165, 1.54) is 6.33 Å². The van der Waals surface area contributed by atoms with Gasteiger partial charge < -0.3 is 9.88 Å². The van der Waals surface area contributed by atoms with E-state index in [2.05, 4.69) is 19.9 Å². The Bertz CT molecular complexity index is 735. The van der Waals surface area contributed by atoms with Crippen molar-refractivity contribution in [2.45, 2.75) is 10.9 Å². The molecule has 1 atom stereocenters. The third kappa shape index (κ3) is 2.56. The summed E-state index contributed by atoms with van der Waals surface area (Å²) in [4.78, 5) is 17.6. The van der Waals surface area contributed by atoms with Crippen LogP contribution in [-0.2, 0) is 16.6 Å². The van der Waals surface area contributed by atoms with Crippen LogP contribution in [0.2, 0.25) is 0 Å². The number of thiophene rings is 1. The summed E-state index contributed by atoms with van der Waals surface area (Å²) >= 11 is 1.57. The predicted octanol–water partition coefficient (Wildman–Crippen LogP) is 1.79. The molecular formula is C12H13N5OS2. The number of hydrogen-bond acceptors (Lipinski definition) is 6. The van der Waals surface area contributed by atoms with Gasteiger partial charge in [-0.05, 0) is 0 Å². The largest absolute Gasteiger partial charge is 0.363 e. The molecule has 0 saturated carbocycles. The highest BCUT2D eigenvalue weighted by molar-refractivity contribution is 7.84. The van der Waals surface area contributed by atoms with Crippen LogP contribution in [0.1, 0.15) is 5.69 Å². The van der Waals surface area contributed by atoms with Crippen LogP contribution < -0.4 is 4.90 Å². The Balaban J connectivity index is 1.81. The minimum Gasteiger partial charge on any atom is -0.363 e. The highest BCUT2D eigenvalue weighted by Gasteiger charge is 2.12. The summed E-state index contributed by atoms with van der Waals surface area (Å²) in [7, 11) is 2.57. The van der Waals surface area contributed by atoms with Gasteiger partial charge in [0.25, 0.3) is 0 Å². The van der Waals surface area contributed by atoms with Crippen molar-refractivity contribution in [3.05, 3.63) is 28.8 Å². The monoisotopic (exact) mass is 307 g/mol. The molecule has 0 fully saturated rings. The van der Waals surface area contributed by atoms with Crippen molar-refractivity contribution < 1.29 is 4.21 Å². The summed E-state index contributed by atoms with van der Waals surface area (Å²) < 4.78 is 12.3. The van der Waals surface area contributed by atoms with Crippen molar-refractivity contribution >= 4 is 39.0 Å². The first-order valence-electron chi connectivity index (χ1n) is 5.92. The fourth-order valence-corrected chi connectivity index (χ4v) is 3.42. The molecule has 8 heteroatoms. The Hall–Kier alpha value is -1.80. The second-order valence-corrected chi connectivity index (χ2v) is 6.57. The number of aromatic amines is 1. The van der Waals surface area contributed by atoms with E-state index < -0.39 is 10.8 Å². The van der Waals surface area contributed by atoms with E-state index >= 15 is 0 Å². The van der Waals surface area contributed by atoms with Gasteiger partial charge in [-0.1, -0.05) is 0 Å². The lowest BCUT2D eigenvalue weighted by atomic mass is 10.4. The fourth-order valence-electron chi connectivity index (χ4n) is 1.74. The molecule has 0 aliphatic heterocycles. The lowest BCUT2D eigenvalue weighted by Gasteiger charge is -2.11. The maximum atomic E-state index is 12.3. The Kier molecular flexibility index (Phi) is 3.49. The topological polar surface area (TPSA) is 74.8 Å². The standard InChI is InChI=1S/C12H13N5OS2/c1-17(2)11-3-8(13-7-14-11)6-20(18)12-15-9-4-19-5-10(9)16-12/h3-5,7H,6H2,1-2H3,(H,15,16). The van der Waals surface area contributed by atoms with Gasteiger partial charge in [-0.2, -0.15) is 0 Å². The molecule has 0 aliphatic carbocycles. The lowest BCUT2D eigenvalue weighted by Crippen LogP contribution is -2.12. The van der Waals surface area contributed by atoms with Crippen molar-refractivity contribution in [3.8, 4) is 0 Å². The minimum absolute atomic E-state index is 0.322.